The highest BCUT2D eigenvalue weighted by Gasteiger charge is 2.19. The first kappa shape index (κ1) is 17.4. The van der Waals surface area contributed by atoms with Crippen molar-refractivity contribution in [2.45, 2.75) is 33.4 Å². The van der Waals surface area contributed by atoms with Crippen molar-refractivity contribution in [3.63, 3.8) is 0 Å². The molecule has 0 saturated carbocycles. The van der Waals surface area contributed by atoms with Crippen molar-refractivity contribution in [1.82, 2.24) is 4.90 Å². The minimum absolute atomic E-state index is 0.0564. The van der Waals surface area contributed by atoms with Gasteiger partial charge in [-0.2, -0.15) is 0 Å². The van der Waals surface area contributed by atoms with Gasteiger partial charge in [0.1, 0.15) is 5.75 Å². The summed E-state index contributed by atoms with van der Waals surface area (Å²) in [4.78, 5) is 14.1. The van der Waals surface area contributed by atoms with Crippen LogP contribution in [0.4, 0.5) is 0 Å². The standard InChI is InChI=1S/C19H22ClNO2/c1-13-10-17(11-14(2)18(13)20)23-15(3)19(22)21(4)12-16-8-6-5-7-9-16/h5-11,15H,12H2,1-4H3/t15-/m0/s1. The Hall–Kier alpha value is -2.00. The summed E-state index contributed by atoms with van der Waals surface area (Å²) in [5, 5.41) is 0.734. The first-order chi connectivity index (χ1) is 10.9. The zero-order valence-corrected chi connectivity index (χ0v) is 14.7. The molecular formula is C19H22ClNO2. The molecule has 4 heteroatoms. The van der Waals surface area contributed by atoms with Crippen molar-refractivity contribution in [3.8, 4) is 5.75 Å². The molecule has 0 aliphatic carbocycles. The van der Waals surface area contributed by atoms with Gasteiger partial charge in [-0.3, -0.25) is 4.79 Å². The Morgan fingerprint density at radius 1 is 1.17 bits per heavy atom. The SMILES string of the molecule is Cc1cc(O[C@@H](C)C(=O)N(C)Cc2ccccc2)cc(C)c1Cl. The normalized spacial score (nSPS) is 11.9. The number of carbonyl (C=O) groups is 1. The van der Waals surface area contributed by atoms with E-state index in [1.807, 2.05) is 56.3 Å². The fourth-order valence-corrected chi connectivity index (χ4v) is 2.58. The second-order valence-electron chi connectivity index (χ2n) is 5.81. The molecule has 3 nitrogen and oxygen atoms in total. The Kier molecular flexibility index (Phi) is 5.67. The van der Waals surface area contributed by atoms with Gasteiger partial charge in [-0.15, -0.1) is 0 Å². The Bertz CT molecular complexity index is 662. The van der Waals surface area contributed by atoms with E-state index in [2.05, 4.69) is 0 Å². The lowest BCUT2D eigenvalue weighted by Crippen LogP contribution is -2.37. The van der Waals surface area contributed by atoms with E-state index in [4.69, 9.17) is 16.3 Å². The van der Waals surface area contributed by atoms with Gasteiger partial charge >= 0.3 is 0 Å². The summed E-state index contributed by atoms with van der Waals surface area (Å²) in [5.74, 6) is 0.609. The maximum atomic E-state index is 12.5. The minimum atomic E-state index is -0.552. The van der Waals surface area contributed by atoms with Crippen LogP contribution in [0.5, 0.6) is 5.75 Å². The monoisotopic (exact) mass is 331 g/mol. The van der Waals surface area contributed by atoms with Gasteiger partial charge in [-0.1, -0.05) is 41.9 Å². The van der Waals surface area contributed by atoms with Gasteiger partial charge in [0, 0.05) is 18.6 Å². The van der Waals surface area contributed by atoms with Crippen LogP contribution in [-0.4, -0.2) is 24.0 Å². The molecule has 2 aromatic rings. The fraction of sp³-hybridized carbons (Fsp3) is 0.316. The second kappa shape index (κ2) is 7.51. The molecule has 0 radical (unpaired) electrons. The molecule has 0 N–H and O–H groups in total. The van der Waals surface area contributed by atoms with Crippen LogP contribution in [0.2, 0.25) is 5.02 Å². The lowest BCUT2D eigenvalue weighted by molar-refractivity contribution is -0.137. The molecule has 0 saturated heterocycles. The van der Waals surface area contributed by atoms with E-state index in [1.165, 1.54) is 0 Å². The first-order valence-electron chi connectivity index (χ1n) is 7.60. The molecular weight excluding hydrogens is 310 g/mol. The van der Waals surface area contributed by atoms with Crippen LogP contribution in [0, 0.1) is 13.8 Å². The van der Waals surface area contributed by atoms with Crippen LogP contribution < -0.4 is 4.74 Å². The average Bonchev–Trinajstić information content (AvgIpc) is 2.52. The van der Waals surface area contributed by atoms with E-state index in [9.17, 15) is 4.79 Å². The van der Waals surface area contributed by atoms with E-state index in [0.717, 1.165) is 21.7 Å². The smallest absolute Gasteiger partial charge is 0.263 e. The number of amides is 1. The van der Waals surface area contributed by atoms with Gasteiger partial charge in [0.25, 0.3) is 5.91 Å². The lowest BCUT2D eigenvalue weighted by atomic mass is 10.1. The van der Waals surface area contributed by atoms with Crippen LogP contribution in [0.1, 0.15) is 23.6 Å². The van der Waals surface area contributed by atoms with Gasteiger partial charge < -0.3 is 9.64 Å². The highest BCUT2D eigenvalue weighted by atomic mass is 35.5. The number of ether oxygens (including phenoxy) is 1. The Labute approximate surface area is 142 Å². The van der Waals surface area contributed by atoms with Crippen molar-refractivity contribution in [2.24, 2.45) is 0 Å². The zero-order valence-electron chi connectivity index (χ0n) is 14.0. The molecule has 1 atom stereocenters. The Balaban J connectivity index is 2.02. The van der Waals surface area contributed by atoms with Crippen LogP contribution >= 0.6 is 11.6 Å². The third-order valence-electron chi connectivity index (χ3n) is 3.71. The van der Waals surface area contributed by atoms with Crippen molar-refractivity contribution >= 4 is 17.5 Å². The summed E-state index contributed by atoms with van der Waals surface area (Å²) in [6, 6.07) is 13.6. The molecule has 0 fully saturated rings. The van der Waals surface area contributed by atoms with Crippen LogP contribution in [0.15, 0.2) is 42.5 Å². The van der Waals surface area contributed by atoms with Crippen molar-refractivity contribution in [1.29, 1.82) is 0 Å². The maximum Gasteiger partial charge on any atom is 0.263 e. The Morgan fingerprint density at radius 2 is 1.74 bits per heavy atom. The maximum absolute atomic E-state index is 12.5. The van der Waals surface area contributed by atoms with Gasteiger partial charge in [0.2, 0.25) is 0 Å². The summed E-state index contributed by atoms with van der Waals surface area (Å²) in [7, 11) is 1.79. The number of hydrogen-bond donors (Lipinski definition) is 0. The number of likely N-dealkylation sites (N-methyl/N-ethyl adjacent to an activating group) is 1. The summed E-state index contributed by atoms with van der Waals surface area (Å²) in [6.45, 7) is 6.18. The molecule has 0 aliphatic heterocycles. The number of benzene rings is 2. The van der Waals surface area contributed by atoms with Crippen LogP contribution in [-0.2, 0) is 11.3 Å². The Morgan fingerprint density at radius 3 is 2.30 bits per heavy atom. The predicted molar refractivity (Wildman–Crippen MR) is 93.9 cm³/mol. The molecule has 122 valence electrons. The van der Waals surface area contributed by atoms with Crippen LogP contribution in [0.25, 0.3) is 0 Å². The van der Waals surface area contributed by atoms with Crippen molar-refractivity contribution < 1.29 is 9.53 Å². The molecule has 2 rings (SSSR count). The van der Waals surface area contributed by atoms with Crippen LogP contribution in [0.3, 0.4) is 0 Å². The largest absolute Gasteiger partial charge is 0.481 e. The molecule has 0 spiro atoms. The van der Waals surface area contributed by atoms with Gasteiger partial charge in [0.15, 0.2) is 6.10 Å². The second-order valence-corrected chi connectivity index (χ2v) is 6.19. The van der Waals surface area contributed by atoms with Gasteiger partial charge in [-0.05, 0) is 49.6 Å². The van der Waals surface area contributed by atoms with E-state index >= 15 is 0 Å². The third kappa shape index (κ3) is 4.49. The van der Waals surface area contributed by atoms with E-state index in [0.29, 0.717) is 12.3 Å². The molecule has 23 heavy (non-hydrogen) atoms. The molecule has 0 bridgehead atoms. The van der Waals surface area contributed by atoms with Crippen molar-refractivity contribution in [2.75, 3.05) is 7.05 Å². The molecule has 0 heterocycles. The molecule has 0 unspecified atom stereocenters. The summed E-state index contributed by atoms with van der Waals surface area (Å²) < 4.78 is 5.80. The van der Waals surface area contributed by atoms with Gasteiger partial charge in [-0.25, -0.2) is 0 Å². The third-order valence-corrected chi connectivity index (χ3v) is 4.31. The lowest BCUT2D eigenvalue weighted by Gasteiger charge is -2.22. The first-order valence-corrected chi connectivity index (χ1v) is 7.98. The van der Waals surface area contributed by atoms with E-state index in [1.54, 1.807) is 18.9 Å². The van der Waals surface area contributed by atoms with Crippen molar-refractivity contribution in [3.05, 3.63) is 64.2 Å². The highest BCUT2D eigenvalue weighted by molar-refractivity contribution is 6.32. The predicted octanol–water partition coefficient (Wildman–Crippen LogP) is 4.38. The topological polar surface area (TPSA) is 29.5 Å². The number of nitrogens with zero attached hydrogens (tertiary/aromatic N) is 1. The minimum Gasteiger partial charge on any atom is -0.481 e. The van der Waals surface area contributed by atoms with Gasteiger partial charge in [0.05, 0.1) is 0 Å². The zero-order chi connectivity index (χ0) is 17.0. The number of rotatable bonds is 5. The summed E-state index contributed by atoms with van der Waals surface area (Å²) in [6.07, 6.45) is -0.552. The van der Waals surface area contributed by atoms with E-state index in [-0.39, 0.29) is 5.91 Å². The summed E-state index contributed by atoms with van der Waals surface area (Å²) in [5.41, 5.74) is 2.98. The number of hydrogen-bond acceptors (Lipinski definition) is 2. The summed E-state index contributed by atoms with van der Waals surface area (Å²) >= 11 is 6.16. The molecule has 1 amide bonds. The fourth-order valence-electron chi connectivity index (χ4n) is 2.47. The highest BCUT2D eigenvalue weighted by Crippen LogP contribution is 2.26. The number of halogens is 1. The van der Waals surface area contributed by atoms with E-state index < -0.39 is 6.10 Å². The molecule has 2 aromatic carbocycles. The molecule has 0 aliphatic rings. The quantitative estimate of drug-likeness (QED) is 0.813. The number of aryl methyl sites for hydroxylation is 2. The number of carbonyl (C=O) groups excluding carboxylic acids is 1. The molecule has 0 aromatic heterocycles. The average molecular weight is 332 g/mol.